The number of hydrogen-bond donors (Lipinski definition) is 3. The predicted octanol–water partition coefficient (Wildman–Crippen LogP) is 0.215. The third-order valence-electron chi connectivity index (χ3n) is 4.33. The molecule has 9 heteroatoms. The van der Waals surface area contributed by atoms with Crippen LogP contribution in [0.3, 0.4) is 0 Å². The summed E-state index contributed by atoms with van der Waals surface area (Å²) in [7, 11) is 1.26. The zero-order valence-electron chi connectivity index (χ0n) is 15.6. The molecule has 26 heavy (non-hydrogen) atoms. The number of nitrogens with zero attached hydrogens (tertiary/aromatic N) is 1. The molecule has 1 aliphatic rings. The third kappa shape index (κ3) is 6.99. The van der Waals surface area contributed by atoms with Gasteiger partial charge in [-0.15, -0.1) is 0 Å². The van der Waals surface area contributed by atoms with Crippen LogP contribution in [0.2, 0.25) is 0 Å². The smallest absolute Gasteiger partial charge is 0.325 e. The van der Waals surface area contributed by atoms with Crippen molar-refractivity contribution in [3.05, 3.63) is 0 Å². The van der Waals surface area contributed by atoms with E-state index < -0.39 is 29.7 Å². The van der Waals surface area contributed by atoms with Crippen molar-refractivity contribution < 1.29 is 29.1 Å². The number of hydroxylamine groups is 1. The van der Waals surface area contributed by atoms with Gasteiger partial charge in [0.2, 0.25) is 17.7 Å². The van der Waals surface area contributed by atoms with Crippen LogP contribution in [0.1, 0.15) is 46.0 Å². The maximum absolute atomic E-state index is 12.6. The summed E-state index contributed by atoms with van der Waals surface area (Å²) >= 11 is 0. The first kappa shape index (κ1) is 21.9. The van der Waals surface area contributed by atoms with Gasteiger partial charge in [0, 0.05) is 18.9 Å². The standard InChI is InChI=1S/C17H29N3O6/c1-11(2)8-12(9-14(21)19-25)16(23)18-13-6-4-5-7-20(17(13)24)10-15(22)26-3/h11-13,25H,4-10H2,1-3H3,(H,18,23)(H,19,21)/t12-,13+/m1/s1. The second kappa shape index (κ2) is 10.7. The number of carbonyl (C=O) groups excluding carboxylic acids is 4. The lowest BCUT2D eigenvalue weighted by atomic mass is 9.92. The van der Waals surface area contributed by atoms with Crippen molar-refractivity contribution in [2.75, 3.05) is 20.2 Å². The molecule has 0 aromatic carbocycles. The summed E-state index contributed by atoms with van der Waals surface area (Å²) in [6.07, 6.45) is 2.24. The Morgan fingerprint density at radius 3 is 2.58 bits per heavy atom. The first-order chi connectivity index (χ1) is 12.3. The second-order valence-corrected chi connectivity index (χ2v) is 6.96. The minimum absolute atomic E-state index is 0.149. The van der Waals surface area contributed by atoms with Gasteiger partial charge in [0.25, 0.3) is 0 Å². The maximum atomic E-state index is 12.6. The molecule has 3 N–H and O–H groups in total. The molecule has 0 radical (unpaired) electrons. The molecule has 0 spiro atoms. The lowest BCUT2D eigenvalue weighted by Gasteiger charge is -2.25. The van der Waals surface area contributed by atoms with Crippen molar-refractivity contribution in [2.45, 2.75) is 52.0 Å². The molecule has 0 saturated carbocycles. The van der Waals surface area contributed by atoms with E-state index in [1.54, 1.807) is 0 Å². The van der Waals surface area contributed by atoms with Crippen molar-refractivity contribution in [2.24, 2.45) is 11.8 Å². The highest BCUT2D eigenvalue weighted by atomic mass is 16.5. The molecule has 2 atom stereocenters. The highest BCUT2D eigenvalue weighted by molar-refractivity contribution is 5.91. The van der Waals surface area contributed by atoms with Crippen LogP contribution < -0.4 is 10.8 Å². The molecule has 1 heterocycles. The highest BCUT2D eigenvalue weighted by Gasteiger charge is 2.32. The van der Waals surface area contributed by atoms with Gasteiger partial charge >= 0.3 is 5.97 Å². The van der Waals surface area contributed by atoms with Crippen LogP contribution in [-0.4, -0.2) is 60.0 Å². The molecular weight excluding hydrogens is 342 g/mol. The number of carbonyl (C=O) groups is 4. The lowest BCUT2D eigenvalue weighted by molar-refractivity contribution is -0.148. The number of methoxy groups -OCH3 is 1. The Hall–Kier alpha value is -2.16. The van der Waals surface area contributed by atoms with Crippen LogP contribution >= 0.6 is 0 Å². The number of amides is 3. The van der Waals surface area contributed by atoms with E-state index in [1.165, 1.54) is 17.5 Å². The number of ether oxygens (including phenoxy) is 1. The van der Waals surface area contributed by atoms with Crippen LogP contribution in [0.5, 0.6) is 0 Å². The van der Waals surface area contributed by atoms with Gasteiger partial charge in [-0.2, -0.15) is 0 Å². The minimum atomic E-state index is -0.735. The summed E-state index contributed by atoms with van der Waals surface area (Å²) in [6.45, 7) is 4.13. The van der Waals surface area contributed by atoms with Crippen molar-refractivity contribution in [1.29, 1.82) is 0 Å². The summed E-state index contributed by atoms with van der Waals surface area (Å²) in [5.74, 6) is -2.37. The molecular formula is C17H29N3O6. The van der Waals surface area contributed by atoms with E-state index in [0.717, 1.165) is 12.8 Å². The van der Waals surface area contributed by atoms with E-state index in [-0.39, 0.29) is 24.8 Å². The fraction of sp³-hybridized carbons (Fsp3) is 0.765. The molecule has 1 fully saturated rings. The van der Waals surface area contributed by atoms with E-state index in [2.05, 4.69) is 10.1 Å². The van der Waals surface area contributed by atoms with Crippen molar-refractivity contribution in [1.82, 2.24) is 15.7 Å². The Kier molecular flexibility index (Phi) is 9.04. The van der Waals surface area contributed by atoms with E-state index in [4.69, 9.17) is 5.21 Å². The monoisotopic (exact) mass is 371 g/mol. The molecule has 1 rings (SSSR count). The molecule has 0 aromatic heterocycles. The van der Waals surface area contributed by atoms with E-state index >= 15 is 0 Å². The van der Waals surface area contributed by atoms with Crippen molar-refractivity contribution in [3.8, 4) is 0 Å². The SMILES string of the molecule is COC(=O)CN1CCCC[C@H](NC(=O)[C@@H](CC(=O)NO)CC(C)C)C1=O. The van der Waals surface area contributed by atoms with Crippen molar-refractivity contribution in [3.63, 3.8) is 0 Å². The van der Waals surface area contributed by atoms with Gasteiger partial charge in [0.15, 0.2) is 0 Å². The van der Waals surface area contributed by atoms with E-state index in [1.807, 2.05) is 13.8 Å². The molecule has 9 nitrogen and oxygen atoms in total. The van der Waals surface area contributed by atoms with Gasteiger partial charge in [-0.25, -0.2) is 5.48 Å². The lowest BCUT2D eigenvalue weighted by Crippen LogP contribution is -2.50. The largest absolute Gasteiger partial charge is 0.468 e. The predicted molar refractivity (Wildman–Crippen MR) is 91.9 cm³/mol. The first-order valence-electron chi connectivity index (χ1n) is 8.87. The van der Waals surface area contributed by atoms with Gasteiger partial charge in [0.1, 0.15) is 12.6 Å². The number of nitrogens with one attached hydrogen (secondary N) is 2. The second-order valence-electron chi connectivity index (χ2n) is 6.96. The molecule has 0 aromatic rings. The molecule has 1 saturated heterocycles. The molecule has 3 amide bonds. The third-order valence-corrected chi connectivity index (χ3v) is 4.33. The average molecular weight is 371 g/mol. The quantitative estimate of drug-likeness (QED) is 0.318. The number of hydrogen-bond acceptors (Lipinski definition) is 6. The summed E-state index contributed by atoms with van der Waals surface area (Å²) < 4.78 is 4.61. The molecule has 1 aliphatic heterocycles. The average Bonchev–Trinajstić information content (AvgIpc) is 2.76. The summed E-state index contributed by atoms with van der Waals surface area (Å²) in [5.41, 5.74) is 1.54. The summed E-state index contributed by atoms with van der Waals surface area (Å²) in [4.78, 5) is 49.6. The highest BCUT2D eigenvalue weighted by Crippen LogP contribution is 2.18. The van der Waals surface area contributed by atoms with Gasteiger partial charge in [-0.3, -0.25) is 24.4 Å². The van der Waals surface area contributed by atoms with Crippen LogP contribution in [0, 0.1) is 11.8 Å². The Morgan fingerprint density at radius 1 is 1.31 bits per heavy atom. The zero-order valence-corrected chi connectivity index (χ0v) is 15.6. The number of likely N-dealkylation sites (tertiary alicyclic amines) is 1. The normalized spacial score (nSPS) is 18.9. The Morgan fingerprint density at radius 2 is 2.00 bits per heavy atom. The van der Waals surface area contributed by atoms with Gasteiger partial charge in [-0.1, -0.05) is 13.8 Å². The Labute approximate surface area is 153 Å². The molecule has 0 unspecified atom stereocenters. The Bertz CT molecular complexity index is 523. The zero-order chi connectivity index (χ0) is 19.7. The van der Waals surface area contributed by atoms with Crippen molar-refractivity contribution >= 4 is 23.7 Å². The minimum Gasteiger partial charge on any atom is -0.468 e. The van der Waals surface area contributed by atoms with Crippen LogP contribution in [0.25, 0.3) is 0 Å². The van der Waals surface area contributed by atoms with E-state index in [0.29, 0.717) is 19.4 Å². The Balaban J connectivity index is 2.80. The van der Waals surface area contributed by atoms with Gasteiger partial charge in [-0.05, 0) is 31.6 Å². The summed E-state index contributed by atoms with van der Waals surface area (Å²) in [5, 5.41) is 11.4. The number of esters is 1. The van der Waals surface area contributed by atoms with Gasteiger partial charge in [0.05, 0.1) is 7.11 Å². The van der Waals surface area contributed by atoms with Crippen LogP contribution in [0.15, 0.2) is 0 Å². The molecule has 0 bridgehead atoms. The van der Waals surface area contributed by atoms with Crippen LogP contribution in [-0.2, 0) is 23.9 Å². The fourth-order valence-corrected chi connectivity index (χ4v) is 3.03. The maximum Gasteiger partial charge on any atom is 0.325 e. The van der Waals surface area contributed by atoms with E-state index in [9.17, 15) is 19.2 Å². The van der Waals surface area contributed by atoms with Crippen LogP contribution in [0.4, 0.5) is 0 Å². The molecule has 0 aliphatic carbocycles. The molecule has 148 valence electrons. The van der Waals surface area contributed by atoms with Gasteiger partial charge < -0.3 is 15.0 Å². The first-order valence-corrected chi connectivity index (χ1v) is 8.87. The number of rotatable bonds is 8. The summed E-state index contributed by atoms with van der Waals surface area (Å²) in [6, 6.07) is -0.735. The topological polar surface area (TPSA) is 125 Å². The fourth-order valence-electron chi connectivity index (χ4n) is 3.03.